The Hall–Kier alpha value is -2.19. The fourth-order valence-corrected chi connectivity index (χ4v) is 1.09. The Kier molecular flexibility index (Phi) is 15.7. The van der Waals surface area contributed by atoms with Gasteiger partial charge in [0, 0.05) is 32.5 Å². The van der Waals surface area contributed by atoms with Crippen molar-refractivity contribution in [3.8, 4) is 5.75 Å². The van der Waals surface area contributed by atoms with Gasteiger partial charge in [0.25, 0.3) is 5.69 Å². The average molecular weight is 345 g/mol. The second kappa shape index (κ2) is 15.7. The van der Waals surface area contributed by atoms with Gasteiger partial charge < -0.3 is 19.7 Å². The van der Waals surface area contributed by atoms with Gasteiger partial charge in [0.1, 0.15) is 5.75 Å². The van der Waals surface area contributed by atoms with Crippen molar-refractivity contribution in [2.45, 2.75) is 33.6 Å². The normalized spacial score (nSPS) is 9.25. The molecule has 0 radical (unpaired) electrons. The number of nitrogens with zero attached hydrogens (tertiary/aromatic N) is 1. The van der Waals surface area contributed by atoms with Crippen LogP contribution in [-0.2, 0) is 4.74 Å². The molecule has 0 bridgehead atoms. The molecule has 0 aliphatic carbocycles. The van der Waals surface area contributed by atoms with Crippen molar-refractivity contribution in [1.29, 1.82) is 0 Å². The molecular weight excluding hydrogens is 318 g/mol. The maximum Gasteiger partial charge on any atom is 0.511 e. The van der Waals surface area contributed by atoms with Gasteiger partial charge in [-0.25, -0.2) is 4.79 Å². The van der Waals surface area contributed by atoms with Crippen LogP contribution in [0.3, 0.4) is 0 Å². The minimum absolute atomic E-state index is 0.0538. The second-order valence-corrected chi connectivity index (χ2v) is 5.02. The van der Waals surface area contributed by atoms with Gasteiger partial charge >= 0.3 is 6.16 Å². The summed E-state index contributed by atoms with van der Waals surface area (Å²) in [5.74, 6) is 0.832. The number of non-ortho nitro benzene ring substituents is 1. The molecule has 138 valence electrons. The number of benzene rings is 1. The minimum Gasteiger partial charge on any atom is -0.449 e. The highest BCUT2D eigenvalue weighted by Crippen LogP contribution is 2.17. The predicted molar refractivity (Wildman–Crippen MR) is 90.5 cm³/mol. The second-order valence-electron chi connectivity index (χ2n) is 5.02. The van der Waals surface area contributed by atoms with E-state index in [-0.39, 0.29) is 11.4 Å². The molecule has 1 aromatic carbocycles. The smallest absolute Gasteiger partial charge is 0.449 e. The lowest BCUT2D eigenvalue weighted by Gasteiger charge is -1.99. The van der Waals surface area contributed by atoms with Crippen LogP contribution in [0.5, 0.6) is 5.75 Å². The Morgan fingerprint density at radius 3 is 2.04 bits per heavy atom. The molecule has 0 aliphatic rings. The van der Waals surface area contributed by atoms with E-state index in [1.54, 1.807) is 7.11 Å². The van der Waals surface area contributed by atoms with Crippen molar-refractivity contribution < 1.29 is 29.4 Å². The zero-order chi connectivity index (χ0) is 19.0. The summed E-state index contributed by atoms with van der Waals surface area (Å²) in [7, 11) is 1.74. The third-order valence-electron chi connectivity index (χ3n) is 2.38. The van der Waals surface area contributed by atoms with Crippen LogP contribution in [0, 0.1) is 16.0 Å². The summed E-state index contributed by atoms with van der Waals surface area (Å²) in [5, 5.41) is 26.2. The first-order valence-corrected chi connectivity index (χ1v) is 7.53. The van der Waals surface area contributed by atoms with Crippen LogP contribution < -0.4 is 4.74 Å². The third kappa shape index (κ3) is 16.2. The molecule has 1 rings (SSSR count). The summed E-state index contributed by atoms with van der Waals surface area (Å²) in [5.41, 5.74) is -0.113. The van der Waals surface area contributed by atoms with E-state index < -0.39 is 11.1 Å². The van der Waals surface area contributed by atoms with Gasteiger partial charge in [-0.3, -0.25) is 10.1 Å². The summed E-state index contributed by atoms with van der Waals surface area (Å²) in [6.45, 7) is 7.54. The monoisotopic (exact) mass is 345 g/mol. The van der Waals surface area contributed by atoms with Crippen molar-refractivity contribution in [3.63, 3.8) is 0 Å². The summed E-state index contributed by atoms with van der Waals surface area (Å²) >= 11 is 0. The summed E-state index contributed by atoms with van der Waals surface area (Å²) in [6, 6.07) is 4.76. The Labute approximate surface area is 142 Å². The zero-order valence-electron chi connectivity index (χ0n) is 14.6. The highest BCUT2D eigenvalue weighted by molar-refractivity contribution is 5.61. The number of hydrogen-bond donors (Lipinski definition) is 2. The molecule has 0 heterocycles. The number of rotatable bonds is 6. The van der Waals surface area contributed by atoms with Crippen molar-refractivity contribution >= 4 is 11.8 Å². The first-order valence-electron chi connectivity index (χ1n) is 7.53. The fraction of sp³-hybridized carbons (Fsp3) is 0.562. The summed E-state index contributed by atoms with van der Waals surface area (Å²) in [6.07, 6.45) is 0.602. The van der Waals surface area contributed by atoms with E-state index in [4.69, 9.17) is 14.9 Å². The maximum atomic E-state index is 10.2. The van der Waals surface area contributed by atoms with Gasteiger partial charge in [-0.2, -0.15) is 0 Å². The minimum atomic E-state index is -1.45. The molecule has 0 fully saturated rings. The molecule has 0 spiro atoms. The Bertz CT molecular complexity index is 444. The van der Waals surface area contributed by atoms with Gasteiger partial charge in [-0.05, 0) is 30.9 Å². The number of hydrogen-bond acceptors (Lipinski definition) is 6. The van der Waals surface area contributed by atoms with Crippen LogP contribution in [0.15, 0.2) is 24.3 Å². The van der Waals surface area contributed by atoms with Gasteiger partial charge in [-0.15, -0.1) is 0 Å². The van der Waals surface area contributed by atoms with Crippen LogP contribution in [0.4, 0.5) is 10.5 Å². The molecular formula is C16H27NO7. The average Bonchev–Trinajstić information content (AvgIpc) is 2.53. The molecule has 0 amide bonds. The van der Waals surface area contributed by atoms with E-state index in [0.29, 0.717) is 6.61 Å². The van der Waals surface area contributed by atoms with Gasteiger partial charge in [0.05, 0.1) is 4.92 Å². The lowest BCUT2D eigenvalue weighted by molar-refractivity contribution is -0.384. The third-order valence-corrected chi connectivity index (χ3v) is 2.38. The highest BCUT2D eigenvalue weighted by Gasteiger charge is 2.05. The molecule has 8 nitrogen and oxygen atoms in total. The first kappa shape index (κ1) is 24.1. The van der Waals surface area contributed by atoms with Crippen LogP contribution in [0.25, 0.3) is 0 Å². The fourth-order valence-electron chi connectivity index (χ4n) is 1.09. The van der Waals surface area contributed by atoms with E-state index in [1.165, 1.54) is 18.6 Å². The van der Waals surface area contributed by atoms with Crippen LogP contribution in [0.1, 0.15) is 33.6 Å². The van der Waals surface area contributed by atoms with Crippen molar-refractivity contribution in [2.24, 2.45) is 5.92 Å². The molecule has 8 heteroatoms. The number of methoxy groups -OCH3 is 1. The van der Waals surface area contributed by atoms with Crippen LogP contribution >= 0.6 is 0 Å². The van der Waals surface area contributed by atoms with Crippen molar-refractivity contribution in [2.75, 3.05) is 20.3 Å². The molecule has 2 N–H and O–H groups in total. The lowest BCUT2D eigenvalue weighted by atomic mass is 10.1. The number of carbonyl (C=O) groups is 1. The molecule has 0 saturated heterocycles. The number of carboxylic acid groups (broad SMARTS) is 1. The number of nitro groups is 1. The van der Waals surface area contributed by atoms with Gasteiger partial charge in [0.15, 0.2) is 0 Å². The predicted octanol–water partition coefficient (Wildman–Crippen LogP) is 3.72. The molecule has 24 heavy (non-hydrogen) atoms. The largest absolute Gasteiger partial charge is 0.511 e. The van der Waals surface area contributed by atoms with Gasteiger partial charge in [-0.1, -0.05) is 20.8 Å². The van der Waals surface area contributed by atoms with Crippen molar-refractivity contribution in [3.05, 3.63) is 34.4 Å². The number of aliphatic hydroxyl groups excluding tert-OH is 1. The molecule has 1 aromatic rings. The van der Waals surface area contributed by atoms with Crippen LogP contribution in [-0.4, -0.2) is 41.6 Å². The Morgan fingerprint density at radius 1 is 1.29 bits per heavy atom. The molecule has 0 atom stereocenters. The first-order chi connectivity index (χ1) is 11.3. The number of ether oxygens (including phenoxy) is 2. The standard InChI is InChI=1S/C7H5NO5.C6H14O.C3H8O/c9-7(10)13-6-3-1-5(2-4-6)8(11)12;1-6(2)4-5-7-3;1-2-3-4/h1-4H,(H,9,10);6H,4-5H2,1-3H3;4H,2-3H2,1H3. The molecule has 0 saturated carbocycles. The van der Waals surface area contributed by atoms with E-state index in [0.717, 1.165) is 31.1 Å². The molecule has 0 aromatic heterocycles. The van der Waals surface area contributed by atoms with E-state index in [1.807, 2.05) is 6.92 Å². The Balaban J connectivity index is 0. The summed E-state index contributed by atoms with van der Waals surface area (Å²) in [4.78, 5) is 19.6. The van der Waals surface area contributed by atoms with Gasteiger partial charge in [0.2, 0.25) is 0 Å². The quantitative estimate of drug-likeness (QED) is 0.349. The molecule has 0 unspecified atom stereocenters. The topological polar surface area (TPSA) is 119 Å². The zero-order valence-corrected chi connectivity index (χ0v) is 14.6. The SMILES string of the molecule is CCCO.COCCC(C)C.O=C(O)Oc1ccc([N+](=O)[O-])cc1. The number of aliphatic hydroxyl groups is 1. The lowest BCUT2D eigenvalue weighted by Crippen LogP contribution is -2.02. The van der Waals surface area contributed by atoms with E-state index in [2.05, 4.69) is 18.6 Å². The molecule has 0 aliphatic heterocycles. The van der Waals surface area contributed by atoms with Crippen LogP contribution in [0.2, 0.25) is 0 Å². The Morgan fingerprint density at radius 2 is 1.79 bits per heavy atom. The number of nitro benzene ring substituents is 1. The highest BCUT2D eigenvalue weighted by atomic mass is 16.7. The van der Waals surface area contributed by atoms with E-state index in [9.17, 15) is 14.9 Å². The van der Waals surface area contributed by atoms with E-state index >= 15 is 0 Å². The summed E-state index contributed by atoms with van der Waals surface area (Å²) < 4.78 is 9.10. The maximum absolute atomic E-state index is 10.2. The van der Waals surface area contributed by atoms with Crippen molar-refractivity contribution in [1.82, 2.24) is 0 Å².